The van der Waals surface area contributed by atoms with E-state index in [-0.39, 0.29) is 0 Å². The molecule has 2 aromatic carbocycles. The lowest BCUT2D eigenvalue weighted by molar-refractivity contribution is -0.672. The number of benzene rings is 2. The molecule has 4 nitrogen and oxygen atoms in total. The number of rotatable bonds is 1. The summed E-state index contributed by atoms with van der Waals surface area (Å²) in [6, 6.07) is 11.1. The first kappa shape index (κ1) is 14.9. The summed E-state index contributed by atoms with van der Waals surface area (Å²) in [6.07, 6.45) is 0. The van der Waals surface area contributed by atoms with Crippen molar-refractivity contribution in [1.82, 2.24) is 14.3 Å². The second-order valence-electron chi connectivity index (χ2n) is 6.79. The van der Waals surface area contributed by atoms with Crippen molar-refractivity contribution in [1.29, 1.82) is 0 Å². The molecule has 0 fully saturated rings. The lowest BCUT2D eigenvalue weighted by Crippen LogP contribution is -2.35. The fourth-order valence-electron chi connectivity index (χ4n) is 3.53. The van der Waals surface area contributed by atoms with E-state index in [2.05, 4.69) is 74.2 Å². The van der Waals surface area contributed by atoms with Crippen molar-refractivity contribution in [2.24, 2.45) is 14.1 Å². The number of hydrogen-bond acceptors (Lipinski definition) is 1. The lowest BCUT2D eigenvalue weighted by atomic mass is 10.0. The molecule has 0 radical (unpaired) electrons. The molecule has 0 atom stereocenters. The van der Waals surface area contributed by atoms with Crippen molar-refractivity contribution < 1.29 is 4.57 Å². The van der Waals surface area contributed by atoms with Gasteiger partial charge >= 0.3 is 5.95 Å². The van der Waals surface area contributed by atoms with Crippen LogP contribution in [0.3, 0.4) is 0 Å². The average Bonchev–Trinajstić information content (AvgIpc) is 3.00. The van der Waals surface area contributed by atoms with Crippen LogP contribution >= 0.6 is 0 Å². The Balaban J connectivity index is 2.28. The van der Waals surface area contributed by atoms with Crippen LogP contribution in [0.2, 0.25) is 0 Å². The van der Waals surface area contributed by atoms with Crippen LogP contribution in [0.4, 0.5) is 0 Å². The van der Waals surface area contributed by atoms with Crippen LogP contribution < -0.4 is 4.57 Å². The van der Waals surface area contributed by atoms with E-state index in [1.807, 2.05) is 11.7 Å². The maximum Gasteiger partial charge on any atom is 0.389 e. The minimum atomic E-state index is 0.951. The van der Waals surface area contributed by atoms with Gasteiger partial charge in [0.2, 0.25) is 5.82 Å². The quantitative estimate of drug-likeness (QED) is 0.493. The van der Waals surface area contributed by atoms with Gasteiger partial charge in [-0.2, -0.15) is 0 Å². The summed E-state index contributed by atoms with van der Waals surface area (Å²) in [6.45, 7) is 8.61. The molecule has 2 aromatic heterocycles. The highest BCUT2D eigenvalue weighted by Crippen LogP contribution is 2.34. The maximum atomic E-state index is 4.79. The Morgan fingerprint density at radius 2 is 1.71 bits per heavy atom. The zero-order valence-electron chi connectivity index (χ0n) is 15.2. The van der Waals surface area contributed by atoms with Gasteiger partial charge in [0.25, 0.3) is 0 Å². The Labute approximate surface area is 141 Å². The molecule has 0 aliphatic carbocycles. The van der Waals surface area contributed by atoms with Gasteiger partial charge in [-0.15, -0.1) is 4.68 Å². The van der Waals surface area contributed by atoms with Crippen LogP contribution in [0.1, 0.15) is 22.5 Å². The summed E-state index contributed by atoms with van der Waals surface area (Å²) in [5.74, 6) is 2.07. The third kappa shape index (κ3) is 1.86. The highest BCUT2D eigenvalue weighted by atomic mass is 15.4. The molecule has 0 bridgehead atoms. The number of aromatic nitrogens is 4. The maximum absolute atomic E-state index is 4.79. The highest BCUT2D eigenvalue weighted by molar-refractivity contribution is 6.10. The van der Waals surface area contributed by atoms with Gasteiger partial charge in [0.05, 0.1) is 14.1 Å². The second-order valence-corrected chi connectivity index (χ2v) is 6.79. The Bertz CT molecular complexity index is 1110. The van der Waals surface area contributed by atoms with E-state index in [0.717, 1.165) is 11.8 Å². The van der Waals surface area contributed by atoms with Crippen molar-refractivity contribution in [2.45, 2.75) is 27.7 Å². The standard InChI is InChI=1S/C20H23N4/c1-12-7-10-18-17(11-12)16-9-8-13(2)14(3)19(16)24(18)20-21-23(6)15(4)22(20)5/h7-11H,1-6H3/q+1. The van der Waals surface area contributed by atoms with E-state index < -0.39 is 0 Å². The molecule has 0 N–H and O–H groups in total. The molecule has 0 amide bonds. The molecular formula is C20H23N4+. The Kier molecular flexibility index (Phi) is 3.07. The van der Waals surface area contributed by atoms with Crippen molar-refractivity contribution in [3.63, 3.8) is 0 Å². The first-order chi connectivity index (χ1) is 11.4. The van der Waals surface area contributed by atoms with E-state index in [9.17, 15) is 0 Å². The molecule has 0 aliphatic heterocycles. The molecule has 4 rings (SSSR count). The van der Waals surface area contributed by atoms with Gasteiger partial charge in [-0.05, 0) is 44.0 Å². The van der Waals surface area contributed by atoms with E-state index in [1.165, 1.54) is 38.5 Å². The predicted molar refractivity (Wildman–Crippen MR) is 97.7 cm³/mol. The molecule has 4 aromatic rings. The third-order valence-corrected chi connectivity index (χ3v) is 5.30. The minimum Gasteiger partial charge on any atom is -0.227 e. The van der Waals surface area contributed by atoms with E-state index in [4.69, 9.17) is 5.10 Å². The van der Waals surface area contributed by atoms with Gasteiger partial charge in [0.1, 0.15) is 11.0 Å². The second kappa shape index (κ2) is 4.94. The average molecular weight is 319 g/mol. The van der Waals surface area contributed by atoms with Gasteiger partial charge in [-0.1, -0.05) is 23.8 Å². The summed E-state index contributed by atoms with van der Waals surface area (Å²) < 4.78 is 6.40. The van der Waals surface area contributed by atoms with E-state index in [1.54, 1.807) is 0 Å². The van der Waals surface area contributed by atoms with Crippen LogP contribution in [0.25, 0.3) is 27.8 Å². The van der Waals surface area contributed by atoms with Gasteiger partial charge in [-0.3, -0.25) is 0 Å². The van der Waals surface area contributed by atoms with Crippen LogP contribution in [0.5, 0.6) is 0 Å². The fourth-order valence-corrected chi connectivity index (χ4v) is 3.53. The third-order valence-electron chi connectivity index (χ3n) is 5.30. The van der Waals surface area contributed by atoms with Gasteiger partial charge in [-0.25, -0.2) is 9.13 Å². The normalized spacial score (nSPS) is 11.8. The van der Waals surface area contributed by atoms with Gasteiger partial charge in [0.15, 0.2) is 0 Å². The van der Waals surface area contributed by atoms with Crippen LogP contribution in [0.15, 0.2) is 30.3 Å². The first-order valence-corrected chi connectivity index (χ1v) is 8.31. The largest absolute Gasteiger partial charge is 0.389 e. The molecule has 0 aliphatic rings. The zero-order valence-corrected chi connectivity index (χ0v) is 15.2. The van der Waals surface area contributed by atoms with Gasteiger partial charge in [0, 0.05) is 22.8 Å². The first-order valence-electron chi connectivity index (χ1n) is 8.31. The Morgan fingerprint density at radius 3 is 2.38 bits per heavy atom. The number of hydrogen-bond donors (Lipinski definition) is 0. The smallest absolute Gasteiger partial charge is 0.227 e. The zero-order chi connectivity index (χ0) is 17.2. The molecule has 122 valence electrons. The molecule has 2 heterocycles. The van der Waals surface area contributed by atoms with Crippen LogP contribution in [-0.2, 0) is 14.1 Å². The molecule has 0 unspecified atom stereocenters. The fraction of sp³-hybridized carbons (Fsp3) is 0.300. The summed E-state index contributed by atoms with van der Waals surface area (Å²) in [7, 11) is 4.07. The summed E-state index contributed by atoms with van der Waals surface area (Å²) in [4.78, 5) is 0. The SMILES string of the molecule is Cc1ccc2c(c1)c1ccc(C)c(C)c1n2-c1nn(C)c(C)[n+]1C. The lowest BCUT2D eigenvalue weighted by Gasteiger charge is -2.04. The number of fused-ring (bicyclic) bond motifs is 3. The molecule has 0 saturated heterocycles. The van der Waals surface area contributed by atoms with Crippen molar-refractivity contribution in [3.05, 3.63) is 52.8 Å². The summed E-state index contributed by atoms with van der Waals surface area (Å²) in [5, 5.41) is 7.37. The van der Waals surface area contributed by atoms with Crippen molar-refractivity contribution >= 4 is 21.8 Å². The molecule has 4 heteroatoms. The molecule has 24 heavy (non-hydrogen) atoms. The topological polar surface area (TPSA) is 26.6 Å². The van der Waals surface area contributed by atoms with Crippen molar-refractivity contribution in [2.75, 3.05) is 0 Å². The predicted octanol–water partition coefficient (Wildman–Crippen LogP) is 3.58. The van der Waals surface area contributed by atoms with E-state index in [0.29, 0.717) is 0 Å². The minimum absolute atomic E-state index is 0.951. The molecule has 0 spiro atoms. The monoisotopic (exact) mass is 319 g/mol. The number of nitrogens with zero attached hydrogens (tertiary/aromatic N) is 4. The highest BCUT2D eigenvalue weighted by Gasteiger charge is 2.25. The Morgan fingerprint density at radius 1 is 0.958 bits per heavy atom. The number of aryl methyl sites for hydroxylation is 4. The summed E-state index contributed by atoms with van der Waals surface area (Å²) >= 11 is 0. The van der Waals surface area contributed by atoms with Crippen LogP contribution in [0, 0.1) is 27.7 Å². The Hall–Kier alpha value is -2.62. The summed E-state index contributed by atoms with van der Waals surface area (Å²) in [5.41, 5.74) is 6.35. The van der Waals surface area contributed by atoms with Crippen molar-refractivity contribution in [3.8, 4) is 5.95 Å². The van der Waals surface area contributed by atoms with Crippen LogP contribution in [-0.4, -0.2) is 14.3 Å². The molecular weight excluding hydrogens is 296 g/mol. The van der Waals surface area contributed by atoms with Gasteiger partial charge < -0.3 is 0 Å². The van der Waals surface area contributed by atoms with E-state index >= 15 is 0 Å². The molecule has 0 saturated carbocycles.